The Morgan fingerprint density at radius 3 is 2.30 bits per heavy atom. The number of aromatic nitrogens is 2. The number of aliphatic imine (C=N–C) groups is 1. The predicted octanol–water partition coefficient (Wildman–Crippen LogP) is 4.90. The van der Waals surface area contributed by atoms with Gasteiger partial charge in [0, 0.05) is 24.1 Å². The van der Waals surface area contributed by atoms with Gasteiger partial charge in [-0.15, -0.1) is 12.4 Å². The molecule has 4 nitrogen and oxygen atoms in total. The highest BCUT2D eigenvalue weighted by molar-refractivity contribution is 6.14. The zero-order chi connectivity index (χ0) is 17.1. The highest BCUT2D eigenvalue weighted by Crippen LogP contribution is 2.55. The molecular formula is C22H29ClN4. The molecule has 27 heavy (non-hydrogen) atoms. The van der Waals surface area contributed by atoms with Crippen LogP contribution < -0.4 is 5.32 Å². The third kappa shape index (κ3) is 2.88. The molecule has 1 aromatic heterocycles. The number of nitrogens with zero attached hydrogens (tertiary/aromatic N) is 2. The van der Waals surface area contributed by atoms with Gasteiger partial charge in [-0.3, -0.25) is 0 Å². The van der Waals surface area contributed by atoms with E-state index in [0.717, 1.165) is 42.1 Å². The summed E-state index contributed by atoms with van der Waals surface area (Å²) in [5.74, 6) is 3.85. The molecule has 1 aromatic rings. The summed E-state index contributed by atoms with van der Waals surface area (Å²) in [5.41, 5.74) is 5.54. The Morgan fingerprint density at radius 2 is 1.67 bits per heavy atom. The van der Waals surface area contributed by atoms with Crippen molar-refractivity contribution >= 4 is 18.1 Å². The number of imidazole rings is 1. The molecule has 4 fully saturated rings. The van der Waals surface area contributed by atoms with Crippen molar-refractivity contribution in [3.8, 4) is 0 Å². The highest BCUT2D eigenvalue weighted by atomic mass is 35.5. The maximum atomic E-state index is 5.04. The van der Waals surface area contributed by atoms with Crippen molar-refractivity contribution in [1.29, 1.82) is 0 Å². The first-order valence-electron chi connectivity index (χ1n) is 10.6. The minimum absolute atomic E-state index is 0. The van der Waals surface area contributed by atoms with Gasteiger partial charge in [0.25, 0.3) is 0 Å². The molecule has 7 rings (SSSR count). The summed E-state index contributed by atoms with van der Waals surface area (Å²) in [6.45, 7) is 0. The molecule has 0 aromatic carbocycles. The van der Waals surface area contributed by atoms with Gasteiger partial charge < -0.3 is 10.3 Å². The molecule has 0 unspecified atom stereocenters. The van der Waals surface area contributed by atoms with Crippen molar-refractivity contribution in [3.63, 3.8) is 0 Å². The van der Waals surface area contributed by atoms with Crippen molar-refractivity contribution in [2.75, 3.05) is 0 Å². The zero-order valence-electron chi connectivity index (χ0n) is 15.8. The summed E-state index contributed by atoms with van der Waals surface area (Å²) >= 11 is 0. The van der Waals surface area contributed by atoms with Gasteiger partial charge in [-0.05, 0) is 93.1 Å². The molecule has 0 radical (unpaired) electrons. The second kappa shape index (κ2) is 6.51. The summed E-state index contributed by atoms with van der Waals surface area (Å²) in [5, 5.41) is 3.93. The summed E-state index contributed by atoms with van der Waals surface area (Å²) in [4.78, 5) is 12.8. The molecule has 0 atom stereocenters. The monoisotopic (exact) mass is 384 g/mol. The molecule has 5 aliphatic carbocycles. The summed E-state index contributed by atoms with van der Waals surface area (Å²) in [6, 6.07) is 0. The normalized spacial score (nSPS) is 38.0. The number of H-pyrrole nitrogens is 1. The van der Waals surface area contributed by atoms with Gasteiger partial charge in [-0.2, -0.15) is 0 Å². The molecule has 6 aliphatic rings. The van der Waals surface area contributed by atoms with Crippen LogP contribution in [0.4, 0.5) is 0 Å². The topological polar surface area (TPSA) is 53.1 Å². The fourth-order valence-electron chi connectivity index (χ4n) is 6.92. The third-order valence-electron chi connectivity index (χ3n) is 7.57. The van der Waals surface area contributed by atoms with E-state index >= 15 is 0 Å². The van der Waals surface area contributed by atoms with Crippen LogP contribution in [0.2, 0.25) is 0 Å². The lowest BCUT2D eigenvalue weighted by molar-refractivity contribution is -0.0130. The van der Waals surface area contributed by atoms with Crippen LogP contribution in [0.15, 0.2) is 40.4 Å². The van der Waals surface area contributed by atoms with Crippen LogP contribution in [0.25, 0.3) is 0 Å². The van der Waals surface area contributed by atoms with Crippen LogP contribution in [0.5, 0.6) is 0 Å². The van der Waals surface area contributed by atoms with E-state index in [0.29, 0.717) is 5.54 Å². The van der Waals surface area contributed by atoms with Crippen LogP contribution in [-0.4, -0.2) is 21.2 Å². The Morgan fingerprint density at radius 1 is 1.00 bits per heavy atom. The molecule has 0 amide bonds. The molecule has 4 bridgehead atoms. The fraction of sp³-hybridized carbons (Fsp3) is 0.636. The van der Waals surface area contributed by atoms with E-state index < -0.39 is 0 Å². The van der Waals surface area contributed by atoms with Crippen molar-refractivity contribution < 1.29 is 0 Å². The number of aromatic amines is 1. The first-order valence-corrected chi connectivity index (χ1v) is 10.6. The molecule has 144 valence electrons. The largest absolute Gasteiger partial charge is 0.384 e. The van der Waals surface area contributed by atoms with Crippen LogP contribution in [0.3, 0.4) is 0 Å². The van der Waals surface area contributed by atoms with Gasteiger partial charge in [0.05, 0.1) is 5.70 Å². The molecule has 2 heterocycles. The first kappa shape index (κ1) is 17.5. The van der Waals surface area contributed by atoms with Crippen LogP contribution in [0, 0.1) is 17.8 Å². The quantitative estimate of drug-likeness (QED) is 0.778. The van der Waals surface area contributed by atoms with Gasteiger partial charge in [0.15, 0.2) is 5.82 Å². The Balaban J connectivity index is 0.00000160. The average Bonchev–Trinajstić information content (AvgIpc) is 3.27. The van der Waals surface area contributed by atoms with Crippen LogP contribution in [0.1, 0.15) is 70.0 Å². The van der Waals surface area contributed by atoms with Gasteiger partial charge in [0.1, 0.15) is 5.71 Å². The van der Waals surface area contributed by atoms with Gasteiger partial charge in [-0.25, -0.2) is 9.98 Å². The van der Waals surface area contributed by atoms with E-state index in [1.165, 1.54) is 68.2 Å². The maximum Gasteiger partial charge on any atom is 0.156 e. The minimum Gasteiger partial charge on any atom is -0.384 e. The van der Waals surface area contributed by atoms with E-state index in [2.05, 4.69) is 21.5 Å². The van der Waals surface area contributed by atoms with Crippen molar-refractivity contribution in [2.45, 2.75) is 69.7 Å². The first-order chi connectivity index (χ1) is 12.8. The van der Waals surface area contributed by atoms with E-state index in [-0.39, 0.29) is 12.4 Å². The van der Waals surface area contributed by atoms with E-state index in [9.17, 15) is 0 Å². The fourth-order valence-corrected chi connectivity index (χ4v) is 6.92. The Kier molecular flexibility index (Phi) is 4.23. The number of allylic oxidation sites excluding steroid dienone is 2. The number of halogens is 1. The van der Waals surface area contributed by atoms with Gasteiger partial charge in [0.2, 0.25) is 0 Å². The number of nitrogens with one attached hydrogen (secondary N) is 2. The lowest BCUT2D eigenvalue weighted by atomic mass is 9.53. The molecule has 1 aliphatic heterocycles. The predicted molar refractivity (Wildman–Crippen MR) is 110 cm³/mol. The van der Waals surface area contributed by atoms with E-state index in [1.54, 1.807) is 0 Å². The number of rotatable bonds is 3. The molecule has 4 saturated carbocycles. The van der Waals surface area contributed by atoms with Gasteiger partial charge in [-0.1, -0.05) is 0 Å². The van der Waals surface area contributed by atoms with Crippen molar-refractivity contribution in [3.05, 3.63) is 41.3 Å². The second-order valence-corrected chi connectivity index (χ2v) is 9.43. The molecule has 0 saturated heterocycles. The van der Waals surface area contributed by atoms with E-state index in [4.69, 9.17) is 4.99 Å². The summed E-state index contributed by atoms with van der Waals surface area (Å²) < 4.78 is 0. The zero-order valence-corrected chi connectivity index (χ0v) is 16.7. The Labute approximate surface area is 167 Å². The number of hydrogen-bond acceptors (Lipinski definition) is 3. The average molecular weight is 385 g/mol. The Hall–Kier alpha value is -1.55. The minimum atomic E-state index is 0. The lowest BCUT2D eigenvalue weighted by Crippen LogP contribution is -2.57. The standard InChI is InChI=1S/C22H28N4.ClH/c1-2-4-18-17(3-1)19(26-20(18)21-23-5-6-24-21)13-25-22-10-14-7-15(11-22)9-16(8-14)12-22;/h5-6,13-16,25H,1-4,7-12H2,(H,23,24);1H/b19-13+;. The van der Waals surface area contributed by atoms with Crippen molar-refractivity contribution in [1.82, 2.24) is 15.3 Å². The maximum absolute atomic E-state index is 5.04. The van der Waals surface area contributed by atoms with Crippen molar-refractivity contribution in [2.24, 2.45) is 22.7 Å². The van der Waals surface area contributed by atoms with E-state index in [1.807, 2.05) is 12.4 Å². The summed E-state index contributed by atoms with van der Waals surface area (Å²) in [7, 11) is 0. The molecule has 2 N–H and O–H groups in total. The Bertz CT molecular complexity index is 782. The van der Waals surface area contributed by atoms with Crippen LogP contribution >= 0.6 is 12.4 Å². The molecule has 0 spiro atoms. The molecular weight excluding hydrogens is 356 g/mol. The van der Waals surface area contributed by atoms with Crippen LogP contribution in [-0.2, 0) is 0 Å². The molecule has 5 heteroatoms. The third-order valence-corrected chi connectivity index (χ3v) is 7.57. The SMILES string of the molecule is C(/NC12CC3CC(CC(C3)C1)C2)=C1\N=C(c2ncc[nH]2)C2=C1CCCC2.Cl. The highest BCUT2D eigenvalue weighted by Gasteiger charge is 2.50. The number of hydrogen-bond donors (Lipinski definition) is 2. The summed E-state index contributed by atoms with van der Waals surface area (Å²) in [6.07, 6.45) is 19.5. The lowest BCUT2D eigenvalue weighted by Gasteiger charge is -2.57. The smallest absolute Gasteiger partial charge is 0.156 e. The second-order valence-electron chi connectivity index (χ2n) is 9.43. The van der Waals surface area contributed by atoms with Gasteiger partial charge >= 0.3 is 0 Å².